The maximum absolute atomic E-state index is 12.9. The van der Waals surface area contributed by atoms with Gasteiger partial charge in [0.15, 0.2) is 0 Å². The zero-order valence-electron chi connectivity index (χ0n) is 8.61. The topological polar surface area (TPSA) is 12.0 Å². The third-order valence-electron chi connectivity index (χ3n) is 1.93. The first-order valence-electron chi connectivity index (χ1n) is 4.63. The van der Waals surface area contributed by atoms with Crippen LogP contribution in [0.5, 0.6) is 0 Å². The predicted molar refractivity (Wildman–Crippen MR) is 54.4 cm³/mol. The van der Waals surface area contributed by atoms with Crippen molar-refractivity contribution in [3.05, 3.63) is 41.2 Å². The summed E-state index contributed by atoms with van der Waals surface area (Å²) in [5, 5.41) is 2.81. The Bertz CT molecular complexity index is 382. The Labute approximate surface area is 90.8 Å². The zero-order chi connectivity index (χ0) is 12.2. The molecule has 0 radical (unpaired) electrons. The molecule has 0 bridgehead atoms. The van der Waals surface area contributed by atoms with Crippen LogP contribution < -0.4 is 5.32 Å². The van der Waals surface area contributed by atoms with Gasteiger partial charge in [0.05, 0.1) is 5.56 Å². The minimum atomic E-state index is -4.66. The lowest BCUT2D eigenvalue weighted by atomic mass is 10.1. The van der Waals surface area contributed by atoms with Crippen molar-refractivity contribution >= 4 is 6.08 Å². The molecule has 0 heterocycles. The molecule has 0 aliphatic carbocycles. The van der Waals surface area contributed by atoms with E-state index in [1.165, 1.54) is 12.1 Å². The van der Waals surface area contributed by atoms with Crippen molar-refractivity contribution in [3.8, 4) is 0 Å². The van der Waals surface area contributed by atoms with Crippen molar-refractivity contribution in [2.24, 2.45) is 0 Å². The Hall–Kier alpha value is -1.36. The molecule has 0 fully saturated rings. The maximum atomic E-state index is 12.9. The predicted octanol–water partition coefficient (Wildman–Crippen LogP) is 3.08. The first kappa shape index (κ1) is 12.7. The number of rotatable bonds is 3. The second kappa shape index (κ2) is 5.12. The van der Waals surface area contributed by atoms with Gasteiger partial charge in [-0.25, -0.2) is 4.39 Å². The molecule has 0 aliphatic heterocycles. The van der Waals surface area contributed by atoms with Gasteiger partial charge in [0.1, 0.15) is 5.82 Å². The van der Waals surface area contributed by atoms with Crippen LogP contribution in [0, 0.1) is 5.82 Å². The summed E-state index contributed by atoms with van der Waals surface area (Å²) in [5.74, 6) is -1.25. The number of halogens is 4. The fraction of sp³-hybridized carbons (Fsp3) is 0.273. The molecule has 88 valence electrons. The summed E-state index contributed by atoms with van der Waals surface area (Å²) in [4.78, 5) is 0. The smallest absolute Gasteiger partial charge is 0.316 e. The van der Waals surface area contributed by atoms with E-state index >= 15 is 0 Å². The van der Waals surface area contributed by atoms with Gasteiger partial charge in [-0.1, -0.05) is 18.2 Å². The van der Waals surface area contributed by atoms with Crippen molar-refractivity contribution in [2.75, 3.05) is 13.6 Å². The van der Waals surface area contributed by atoms with Gasteiger partial charge >= 0.3 is 6.18 Å². The first-order valence-corrected chi connectivity index (χ1v) is 4.63. The van der Waals surface area contributed by atoms with Crippen molar-refractivity contribution in [3.63, 3.8) is 0 Å². The summed E-state index contributed by atoms with van der Waals surface area (Å²) in [6.45, 7) is 0.540. The van der Waals surface area contributed by atoms with Crippen LogP contribution in [0.1, 0.15) is 11.1 Å². The van der Waals surface area contributed by atoms with E-state index in [-0.39, 0.29) is 0 Å². The first-order chi connectivity index (χ1) is 7.45. The van der Waals surface area contributed by atoms with E-state index in [4.69, 9.17) is 0 Å². The molecule has 0 unspecified atom stereocenters. The molecule has 0 saturated carbocycles. The molecule has 16 heavy (non-hydrogen) atoms. The molecule has 0 saturated heterocycles. The summed E-state index contributed by atoms with van der Waals surface area (Å²) in [6.07, 6.45) is -1.49. The monoisotopic (exact) mass is 233 g/mol. The quantitative estimate of drug-likeness (QED) is 0.791. The van der Waals surface area contributed by atoms with Gasteiger partial charge < -0.3 is 5.32 Å². The zero-order valence-corrected chi connectivity index (χ0v) is 8.61. The van der Waals surface area contributed by atoms with E-state index in [1.54, 1.807) is 13.1 Å². The van der Waals surface area contributed by atoms with Gasteiger partial charge in [0, 0.05) is 6.54 Å². The Kier molecular flexibility index (Phi) is 4.06. The number of hydrogen-bond donors (Lipinski definition) is 1. The van der Waals surface area contributed by atoms with Crippen molar-refractivity contribution in [1.29, 1.82) is 0 Å². The van der Waals surface area contributed by atoms with E-state index < -0.39 is 17.6 Å². The molecule has 0 spiro atoms. The molecule has 0 atom stereocenters. The normalized spacial score (nSPS) is 12.3. The highest BCUT2D eigenvalue weighted by atomic mass is 19.4. The third-order valence-corrected chi connectivity index (χ3v) is 1.93. The minimum Gasteiger partial charge on any atom is -0.316 e. The Morgan fingerprint density at radius 2 is 2.00 bits per heavy atom. The third kappa shape index (κ3) is 3.34. The van der Waals surface area contributed by atoms with Crippen molar-refractivity contribution < 1.29 is 17.6 Å². The van der Waals surface area contributed by atoms with Crippen LogP contribution in [0.25, 0.3) is 6.08 Å². The molecule has 0 amide bonds. The summed E-state index contributed by atoms with van der Waals surface area (Å²) < 4.78 is 49.9. The van der Waals surface area contributed by atoms with Crippen molar-refractivity contribution in [2.45, 2.75) is 6.18 Å². The Morgan fingerprint density at radius 3 is 2.56 bits per heavy atom. The SMILES string of the molecule is CNCC=Cc1ccc(F)c(C(F)(F)F)c1. The lowest BCUT2D eigenvalue weighted by Gasteiger charge is -2.08. The summed E-state index contributed by atoms with van der Waals surface area (Å²) in [7, 11) is 1.72. The van der Waals surface area contributed by atoms with E-state index in [1.807, 2.05) is 0 Å². The number of nitrogens with one attached hydrogen (secondary N) is 1. The van der Waals surface area contributed by atoms with E-state index in [2.05, 4.69) is 5.32 Å². The van der Waals surface area contributed by atoms with E-state index in [0.717, 1.165) is 12.1 Å². The summed E-state index contributed by atoms with van der Waals surface area (Å²) in [5.41, 5.74) is -0.914. The van der Waals surface area contributed by atoms with Gasteiger partial charge in [0.2, 0.25) is 0 Å². The maximum Gasteiger partial charge on any atom is 0.419 e. The van der Waals surface area contributed by atoms with Gasteiger partial charge in [-0.3, -0.25) is 0 Å². The molecular weight excluding hydrogens is 222 g/mol. The highest BCUT2D eigenvalue weighted by molar-refractivity contribution is 5.51. The van der Waals surface area contributed by atoms with Gasteiger partial charge in [-0.2, -0.15) is 13.2 Å². The number of alkyl halides is 3. The molecule has 1 N–H and O–H groups in total. The average Bonchev–Trinajstić information content (AvgIpc) is 2.19. The fourth-order valence-corrected chi connectivity index (χ4v) is 1.18. The van der Waals surface area contributed by atoms with Crippen LogP contribution >= 0.6 is 0 Å². The molecule has 1 aromatic carbocycles. The minimum absolute atomic E-state index is 0.323. The average molecular weight is 233 g/mol. The Morgan fingerprint density at radius 1 is 1.31 bits per heavy atom. The second-order valence-electron chi connectivity index (χ2n) is 3.20. The lowest BCUT2D eigenvalue weighted by Crippen LogP contribution is -2.08. The largest absolute Gasteiger partial charge is 0.419 e. The lowest BCUT2D eigenvalue weighted by molar-refractivity contribution is -0.140. The molecule has 5 heteroatoms. The molecule has 1 aromatic rings. The molecule has 0 aromatic heterocycles. The summed E-state index contributed by atoms with van der Waals surface area (Å²) >= 11 is 0. The molecular formula is C11H11F4N. The van der Waals surface area contributed by atoms with E-state index in [9.17, 15) is 17.6 Å². The summed E-state index contributed by atoms with van der Waals surface area (Å²) in [6, 6.07) is 2.92. The molecule has 1 rings (SSSR count). The number of benzene rings is 1. The van der Waals surface area contributed by atoms with Crippen LogP contribution in [0.2, 0.25) is 0 Å². The van der Waals surface area contributed by atoms with Crippen LogP contribution in [0.4, 0.5) is 17.6 Å². The highest BCUT2D eigenvalue weighted by Gasteiger charge is 2.33. The number of likely N-dealkylation sites (N-methyl/N-ethyl adjacent to an activating group) is 1. The highest BCUT2D eigenvalue weighted by Crippen LogP contribution is 2.32. The fourth-order valence-electron chi connectivity index (χ4n) is 1.18. The van der Waals surface area contributed by atoms with Gasteiger partial charge in [0.25, 0.3) is 0 Å². The van der Waals surface area contributed by atoms with Gasteiger partial charge in [-0.05, 0) is 24.7 Å². The van der Waals surface area contributed by atoms with Gasteiger partial charge in [-0.15, -0.1) is 0 Å². The second-order valence-corrected chi connectivity index (χ2v) is 3.20. The number of hydrogen-bond acceptors (Lipinski definition) is 1. The van der Waals surface area contributed by atoms with Crippen LogP contribution in [0.15, 0.2) is 24.3 Å². The van der Waals surface area contributed by atoms with E-state index in [0.29, 0.717) is 12.1 Å². The van der Waals surface area contributed by atoms with Crippen LogP contribution in [0.3, 0.4) is 0 Å². The molecule has 0 aliphatic rings. The molecule has 1 nitrogen and oxygen atoms in total. The van der Waals surface area contributed by atoms with Crippen LogP contribution in [-0.4, -0.2) is 13.6 Å². The Balaban J connectivity index is 2.99. The standard InChI is InChI=1S/C11H11F4N/c1-16-6-2-3-8-4-5-10(12)9(7-8)11(13,14)15/h2-5,7,16H,6H2,1H3. The van der Waals surface area contributed by atoms with Crippen molar-refractivity contribution in [1.82, 2.24) is 5.32 Å². The van der Waals surface area contributed by atoms with Crippen LogP contribution in [-0.2, 0) is 6.18 Å².